The van der Waals surface area contributed by atoms with Crippen molar-refractivity contribution in [2.75, 3.05) is 7.11 Å². The molecule has 1 heterocycles. The van der Waals surface area contributed by atoms with Crippen molar-refractivity contribution in [3.63, 3.8) is 0 Å². The van der Waals surface area contributed by atoms with E-state index < -0.39 is 35.3 Å². The van der Waals surface area contributed by atoms with Gasteiger partial charge in [-0.15, -0.1) is 0 Å². The first kappa shape index (κ1) is 13.3. The minimum Gasteiger partial charge on any atom is -0.494 e. The highest BCUT2D eigenvalue weighted by molar-refractivity contribution is 5.80. The van der Waals surface area contributed by atoms with Gasteiger partial charge in [0.2, 0.25) is 0 Å². The molecule has 0 spiro atoms. The lowest BCUT2D eigenvalue weighted by Crippen LogP contribution is -2.14. The van der Waals surface area contributed by atoms with Crippen molar-refractivity contribution in [2.45, 2.75) is 12.6 Å². The molecule has 0 N–H and O–H groups in total. The maximum atomic E-state index is 12.5. The van der Waals surface area contributed by atoms with Gasteiger partial charge in [0.25, 0.3) is 6.43 Å². The lowest BCUT2D eigenvalue weighted by atomic mass is 10.1. The quantitative estimate of drug-likeness (QED) is 0.615. The molecule has 0 fully saturated rings. The van der Waals surface area contributed by atoms with Crippen LogP contribution in [-0.2, 0) is 6.18 Å². The number of hydrogen-bond acceptors (Lipinski definition) is 3. The Kier molecular flexibility index (Phi) is 3.64. The van der Waals surface area contributed by atoms with Crippen LogP contribution in [-0.4, -0.2) is 18.4 Å². The molecule has 0 amide bonds. The van der Waals surface area contributed by atoms with Gasteiger partial charge in [0, 0.05) is 0 Å². The molecule has 3 nitrogen and oxygen atoms in total. The molecule has 8 heteroatoms. The predicted molar refractivity (Wildman–Crippen MR) is 46.1 cm³/mol. The fourth-order valence-corrected chi connectivity index (χ4v) is 1.18. The molecule has 1 aromatic heterocycles. The van der Waals surface area contributed by atoms with Gasteiger partial charge in [-0.1, -0.05) is 0 Å². The maximum Gasteiger partial charge on any atom is 0.437 e. The fraction of sp³-hybridized carbons (Fsp3) is 0.333. The maximum absolute atomic E-state index is 12.5. The molecule has 0 saturated heterocycles. The van der Waals surface area contributed by atoms with Crippen LogP contribution in [0.2, 0.25) is 0 Å². The van der Waals surface area contributed by atoms with E-state index in [0.717, 1.165) is 7.11 Å². The van der Waals surface area contributed by atoms with Crippen molar-refractivity contribution in [3.8, 4) is 5.75 Å². The van der Waals surface area contributed by atoms with Crippen molar-refractivity contribution in [2.24, 2.45) is 0 Å². The first-order chi connectivity index (χ1) is 7.81. The number of halogens is 5. The third-order valence-corrected chi connectivity index (χ3v) is 1.84. The van der Waals surface area contributed by atoms with E-state index >= 15 is 0 Å². The average molecular weight is 255 g/mol. The van der Waals surface area contributed by atoms with Crippen LogP contribution in [0.1, 0.15) is 28.2 Å². The monoisotopic (exact) mass is 255 g/mol. The number of methoxy groups -OCH3 is 1. The number of nitrogens with zero attached hydrogens (tertiary/aromatic N) is 1. The number of aldehydes is 1. The average Bonchev–Trinajstić information content (AvgIpc) is 2.25. The molecule has 1 aromatic rings. The molecule has 0 aliphatic carbocycles. The molecule has 94 valence electrons. The van der Waals surface area contributed by atoms with E-state index in [1.165, 1.54) is 0 Å². The second kappa shape index (κ2) is 4.64. The van der Waals surface area contributed by atoms with Gasteiger partial charge in [0.1, 0.15) is 5.69 Å². The number of carbonyl (C=O) groups is 1. The first-order valence-corrected chi connectivity index (χ1v) is 4.20. The SMILES string of the molecule is COc1c(C=O)cc(C(F)F)nc1C(F)(F)F. The van der Waals surface area contributed by atoms with Gasteiger partial charge < -0.3 is 4.74 Å². The molecular weight excluding hydrogens is 249 g/mol. The topological polar surface area (TPSA) is 39.2 Å². The van der Waals surface area contributed by atoms with Crippen LogP contribution < -0.4 is 4.74 Å². The number of rotatable bonds is 3. The standard InChI is InChI=1S/C9H6F5NO2/c1-17-6-4(3-16)2-5(8(10)11)15-7(6)9(12,13)14/h2-3,8H,1H3. The molecule has 0 unspecified atom stereocenters. The molecule has 0 saturated carbocycles. The molecule has 0 radical (unpaired) electrons. The second-order valence-corrected chi connectivity index (χ2v) is 2.93. The highest BCUT2D eigenvalue weighted by Gasteiger charge is 2.38. The Hall–Kier alpha value is -1.73. The number of hydrogen-bond donors (Lipinski definition) is 0. The summed E-state index contributed by atoms with van der Waals surface area (Å²) < 4.78 is 66.4. The summed E-state index contributed by atoms with van der Waals surface area (Å²) in [7, 11) is 0.890. The summed E-state index contributed by atoms with van der Waals surface area (Å²) in [6.45, 7) is 0. The largest absolute Gasteiger partial charge is 0.494 e. The van der Waals surface area contributed by atoms with Gasteiger partial charge in [-0.05, 0) is 6.07 Å². The lowest BCUT2D eigenvalue weighted by molar-refractivity contribution is -0.142. The van der Waals surface area contributed by atoms with Gasteiger partial charge in [-0.3, -0.25) is 4.79 Å². The summed E-state index contributed by atoms with van der Waals surface area (Å²) in [6, 6.07) is 0.561. The molecule has 1 rings (SSSR count). The fourth-order valence-electron chi connectivity index (χ4n) is 1.18. The zero-order chi connectivity index (χ0) is 13.2. The highest BCUT2D eigenvalue weighted by atomic mass is 19.4. The third-order valence-electron chi connectivity index (χ3n) is 1.84. The van der Waals surface area contributed by atoms with E-state index in [-0.39, 0.29) is 6.29 Å². The van der Waals surface area contributed by atoms with Gasteiger partial charge in [-0.2, -0.15) is 13.2 Å². The van der Waals surface area contributed by atoms with E-state index in [4.69, 9.17) is 0 Å². The van der Waals surface area contributed by atoms with Crippen molar-refractivity contribution in [1.82, 2.24) is 4.98 Å². The Balaban J connectivity index is 3.54. The summed E-state index contributed by atoms with van der Waals surface area (Å²) in [5.41, 5.74) is -3.38. The Morgan fingerprint density at radius 1 is 1.41 bits per heavy atom. The van der Waals surface area contributed by atoms with E-state index in [2.05, 4.69) is 9.72 Å². The second-order valence-electron chi connectivity index (χ2n) is 2.93. The number of ether oxygens (including phenoxy) is 1. The van der Waals surface area contributed by atoms with Crippen LogP contribution >= 0.6 is 0 Å². The normalized spacial score (nSPS) is 11.7. The predicted octanol–water partition coefficient (Wildman–Crippen LogP) is 2.86. The van der Waals surface area contributed by atoms with Crippen LogP contribution in [0.4, 0.5) is 22.0 Å². The van der Waals surface area contributed by atoms with E-state index in [1.807, 2.05) is 0 Å². The summed E-state index contributed by atoms with van der Waals surface area (Å²) in [6.07, 6.45) is -8.18. The van der Waals surface area contributed by atoms with Crippen molar-refractivity contribution >= 4 is 6.29 Å². The summed E-state index contributed by atoms with van der Waals surface area (Å²) in [4.78, 5) is 13.3. The van der Waals surface area contributed by atoms with E-state index in [9.17, 15) is 26.7 Å². The van der Waals surface area contributed by atoms with Crippen molar-refractivity contribution < 1.29 is 31.5 Å². The Morgan fingerprint density at radius 3 is 2.35 bits per heavy atom. The zero-order valence-corrected chi connectivity index (χ0v) is 8.39. The minimum absolute atomic E-state index is 0.00162. The molecule has 0 aromatic carbocycles. The molecule has 0 aliphatic rings. The van der Waals surface area contributed by atoms with Crippen molar-refractivity contribution in [1.29, 1.82) is 0 Å². The molecule has 17 heavy (non-hydrogen) atoms. The Bertz CT molecular complexity index is 430. The van der Waals surface area contributed by atoms with Gasteiger partial charge in [0.05, 0.1) is 12.7 Å². The van der Waals surface area contributed by atoms with Gasteiger partial charge in [-0.25, -0.2) is 13.8 Å². The zero-order valence-electron chi connectivity index (χ0n) is 8.39. The summed E-state index contributed by atoms with van der Waals surface area (Å²) >= 11 is 0. The van der Waals surface area contributed by atoms with Crippen LogP contribution in [0.3, 0.4) is 0 Å². The van der Waals surface area contributed by atoms with Crippen LogP contribution in [0.15, 0.2) is 6.07 Å². The Morgan fingerprint density at radius 2 is 2.00 bits per heavy atom. The third kappa shape index (κ3) is 2.69. The first-order valence-electron chi connectivity index (χ1n) is 4.20. The number of carbonyl (C=O) groups excluding carboxylic acids is 1. The molecule has 0 atom stereocenters. The molecular formula is C9H6F5NO2. The number of aromatic nitrogens is 1. The van der Waals surface area contributed by atoms with Crippen LogP contribution in [0.5, 0.6) is 5.75 Å². The highest BCUT2D eigenvalue weighted by Crippen LogP contribution is 2.37. The molecule has 0 bridgehead atoms. The van der Waals surface area contributed by atoms with E-state index in [0.29, 0.717) is 6.07 Å². The number of alkyl halides is 5. The van der Waals surface area contributed by atoms with Crippen LogP contribution in [0, 0.1) is 0 Å². The van der Waals surface area contributed by atoms with Crippen molar-refractivity contribution in [3.05, 3.63) is 23.0 Å². The van der Waals surface area contributed by atoms with E-state index in [1.54, 1.807) is 0 Å². The van der Waals surface area contributed by atoms with Gasteiger partial charge >= 0.3 is 6.18 Å². The summed E-state index contributed by atoms with van der Waals surface area (Å²) in [5.74, 6) is -0.864. The lowest BCUT2D eigenvalue weighted by Gasteiger charge is -2.14. The van der Waals surface area contributed by atoms with Crippen LogP contribution in [0.25, 0.3) is 0 Å². The molecule has 0 aliphatic heterocycles. The number of pyridine rings is 1. The summed E-state index contributed by atoms with van der Waals surface area (Å²) in [5, 5.41) is 0. The Labute approximate surface area is 92.2 Å². The minimum atomic E-state index is -4.98. The van der Waals surface area contributed by atoms with Gasteiger partial charge in [0.15, 0.2) is 17.7 Å². The smallest absolute Gasteiger partial charge is 0.437 e.